The van der Waals surface area contributed by atoms with Crippen LogP contribution in [0.3, 0.4) is 0 Å². The molecule has 1 N–H and O–H groups in total. The zero-order valence-corrected chi connectivity index (χ0v) is 15.4. The van der Waals surface area contributed by atoms with Gasteiger partial charge in [0.05, 0.1) is 17.8 Å². The molecular weight excluding hydrogens is 342 g/mol. The van der Waals surface area contributed by atoms with E-state index in [1.807, 2.05) is 42.7 Å². The van der Waals surface area contributed by atoms with Gasteiger partial charge in [0.25, 0.3) is 0 Å². The summed E-state index contributed by atoms with van der Waals surface area (Å²) in [6, 6.07) is 16.2. The highest BCUT2D eigenvalue weighted by molar-refractivity contribution is 7.80. The van der Waals surface area contributed by atoms with E-state index in [9.17, 15) is 0 Å². The predicted molar refractivity (Wildman–Crippen MR) is 106 cm³/mol. The fraction of sp³-hybridized carbons (Fsp3) is 0.250. The number of hydrogen-bond donors (Lipinski definition) is 1. The molecule has 4 rings (SSSR count). The Balaban J connectivity index is 1.81. The van der Waals surface area contributed by atoms with Gasteiger partial charge in [0, 0.05) is 30.8 Å². The number of pyridine rings is 2. The van der Waals surface area contributed by atoms with E-state index in [0.29, 0.717) is 0 Å². The molecule has 6 heteroatoms. The van der Waals surface area contributed by atoms with Crippen LogP contribution in [0.1, 0.15) is 36.8 Å². The van der Waals surface area contributed by atoms with Crippen molar-refractivity contribution < 1.29 is 0 Å². The first kappa shape index (κ1) is 16.7. The number of nitrogens with one attached hydrogen (secondary N) is 1. The van der Waals surface area contributed by atoms with Crippen molar-refractivity contribution >= 4 is 17.3 Å². The van der Waals surface area contributed by atoms with Gasteiger partial charge in [-0.1, -0.05) is 19.1 Å². The van der Waals surface area contributed by atoms with Gasteiger partial charge >= 0.3 is 0 Å². The molecule has 1 aliphatic heterocycles. The minimum atomic E-state index is 0.00705. The van der Waals surface area contributed by atoms with Crippen molar-refractivity contribution in [1.29, 1.82) is 0 Å². The smallest absolute Gasteiger partial charge is 0.170 e. The second-order valence-corrected chi connectivity index (χ2v) is 6.70. The fourth-order valence-electron chi connectivity index (χ4n) is 3.55. The molecule has 0 unspecified atom stereocenters. The average molecular weight is 363 g/mol. The molecule has 132 valence electrons. The van der Waals surface area contributed by atoms with Gasteiger partial charge in [-0.15, -0.1) is 0 Å². The number of aromatic nitrogens is 3. The van der Waals surface area contributed by atoms with Crippen molar-refractivity contribution in [3.8, 4) is 5.82 Å². The number of nitrogens with zero attached hydrogens (tertiary/aromatic N) is 4. The molecular formula is C20H21N5S. The number of thiocarbonyl (C=S) groups is 1. The quantitative estimate of drug-likeness (QED) is 0.701. The van der Waals surface area contributed by atoms with Crippen LogP contribution in [0.4, 0.5) is 0 Å². The van der Waals surface area contributed by atoms with Crippen LogP contribution in [0, 0.1) is 0 Å². The summed E-state index contributed by atoms with van der Waals surface area (Å²) in [6.45, 7) is 3.07. The maximum Gasteiger partial charge on any atom is 0.170 e. The lowest BCUT2D eigenvalue weighted by Crippen LogP contribution is -2.31. The molecule has 26 heavy (non-hydrogen) atoms. The largest absolute Gasteiger partial charge is 0.352 e. The van der Waals surface area contributed by atoms with Crippen molar-refractivity contribution in [3.63, 3.8) is 0 Å². The lowest BCUT2D eigenvalue weighted by atomic mass is 10.0. The normalized spacial score (nSPS) is 19.6. The molecule has 4 heterocycles. The summed E-state index contributed by atoms with van der Waals surface area (Å²) in [5.74, 6) is 0.904. The van der Waals surface area contributed by atoms with Crippen LogP contribution in [0.15, 0.2) is 67.1 Å². The van der Waals surface area contributed by atoms with Crippen LogP contribution in [0.25, 0.3) is 5.82 Å². The first-order valence-electron chi connectivity index (χ1n) is 8.86. The van der Waals surface area contributed by atoms with Gasteiger partial charge in [0.2, 0.25) is 0 Å². The Hall–Kier alpha value is -2.73. The van der Waals surface area contributed by atoms with E-state index >= 15 is 0 Å². The third kappa shape index (κ3) is 2.97. The first-order chi connectivity index (χ1) is 12.8. The van der Waals surface area contributed by atoms with Gasteiger partial charge in [-0.05, 0) is 55.0 Å². The molecule has 0 spiro atoms. The van der Waals surface area contributed by atoms with Gasteiger partial charge in [0.1, 0.15) is 5.82 Å². The highest BCUT2D eigenvalue weighted by atomic mass is 32.1. The van der Waals surface area contributed by atoms with Crippen molar-refractivity contribution in [2.45, 2.75) is 25.4 Å². The molecule has 1 aliphatic rings. The van der Waals surface area contributed by atoms with Gasteiger partial charge < -0.3 is 14.8 Å². The molecule has 3 aromatic heterocycles. The van der Waals surface area contributed by atoms with Crippen LogP contribution in [-0.2, 0) is 0 Å². The van der Waals surface area contributed by atoms with E-state index in [1.54, 1.807) is 0 Å². The van der Waals surface area contributed by atoms with E-state index in [0.717, 1.165) is 35.3 Å². The minimum Gasteiger partial charge on any atom is -0.352 e. The maximum atomic E-state index is 5.66. The Morgan fingerprint density at radius 3 is 2.54 bits per heavy atom. The first-order valence-corrected chi connectivity index (χ1v) is 9.27. The summed E-state index contributed by atoms with van der Waals surface area (Å²) in [4.78, 5) is 11.4. The molecule has 0 bridgehead atoms. The Bertz CT molecular complexity index is 877. The van der Waals surface area contributed by atoms with Gasteiger partial charge in [-0.2, -0.15) is 0 Å². The Kier molecular flexibility index (Phi) is 4.67. The summed E-state index contributed by atoms with van der Waals surface area (Å²) in [6.07, 6.45) is 6.73. The van der Waals surface area contributed by atoms with Crippen LogP contribution in [-0.4, -0.2) is 31.1 Å². The summed E-state index contributed by atoms with van der Waals surface area (Å²) in [5, 5.41) is 4.26. The van der Waals surface area contributed by atoms with E-state index in [-0.39, 0.29) is 12.1 Å². The minimum absolute atomic E-state index is 0.00705. The monoisotopic (exact) mass is 363 g/mol. The summed E-state index contributed by atoms with van der Waals surface area (Å²) >= 11 is 5.66. The molecule has 1 fully saturated rings. The zero-order valence-electron chi connectivity index (χ0n) is 14.6. The molecule has 1 saturated heterocycles. The summed E-state index contributed by atoms with van der Waals surface area (Å²) in [7, 11) is 0. The van der Waals surface area contributed by atoms with E-state index in [2.05, 4.69) is 56.1 Å². The Labute approximate surface area is 158 Å². The Morgan fingerprint density at radius 1 is 1.04 bits per heavy atom. The SMILES string of the molecule is CCCN1C(=S)N[C@@H](c2ccccn2)[C@H]1c1cccn1-c1ccccn1. The highest BCUT2D eigenvalue weighted by Gasteiger charge is 2.40. The fourth-order valence-corrected chi connectivity index (χ4v) is 3.88. The number of hydrogen-bond acceptors (Lipinski definition) is 3. The number of rotatable bonds is 5. The van der Waals surface area contributed by atoms with Crippen LogP contribution >= 0.6 is 12.2 Å². The van der Waals surface area contributed by atoms with Crippen molar-refractivity contribution in [1.82, 2.24) is 24.8 Å². The third-order valence-corrected chi connectivity index (χ3v) is 4.99. The standard InChI is InChI=1S/C20H21N5S/c1-2-13-25-19(18(23-20(25)26)15-8-3-5-11-21-15)16-9-7-14-24(16)17-10-4-6-12-22-17/h3-12,14,18-19H,2,13H2,1H3,(H,23,26)/t18-,19+/m0/s1. The lowest BCUT2D eigenvalue weighted by Gasteiger charge is -2.28. The molecule has 0 aliphatic carbocycles. The predicted octanol–water partition coefficient (Wildman–Crippen LogP) is 3.65. The zero-order chi connectivity index (χ0) is 17.9. The van der Waals surface area contributed by atoms with Crippen LogP contribution in [0.5, 0.6) is 0 Å². The van der Waals surface area contributed by atoms with Gasteiger partial charge in [-0.25, -0.2) is 4.98 Å². The second kappa shape index (κ2) is 7.25. The molecule has 5 nitrogen and oxygen atoms in total. The van der Waals surface area contributed by atoms with Crippen molar-refractivity contribution in [2.75, 3.05) is 6.54 Å². The van der Waals surface area contributed by atoms with Crippen molar-refractivity contribution in [3.05, 3.63) is 78.5 Å². The Morgan fingerprint density at radius 2 is 1.85 bits per heavy atom. The topological polar surface area (TPSA) is 46.0 Å². The van der Waals surface area contributed by atoms with Gasteiger partial charge in [0.15, 0.2) is 5.11 Å². The molecule has 0 amide bonds. The highest BCUT2D eigenvalue weighted by Crippen LogP contribution is 2.39. The molecule has 2 atom stereocenters. The van der Waals surface area contributed by atoms with E-state index in [1.165, 1.54) is 0 Å². The molecule has 3 aromatic rings. The summed E-state index contributed by atoms with van der Waals surface area (Å²) in [5.41, 5.74) is 2.15. The average Bonchev–Trinajstić information content (AvgIpc) is 3.28. The second-order valence-electron chi connectivity index (χ2n) is 6.31. The van der Waals surface area contributed by atoms with Crippen LogP contribution < -0.4 is 5.32 Å². The molecule has 0 saturated carbocycles. The molecule has 0 radical (unpaired) electrons. The molecule has 0 aromatic carbocycles. The van der Waals surface area contributed by atoms with Gasteiger partial charge in [-0.3, -0.25) is 4.98 Å². The lowest BCUT2D eigenvalue weighted by molar-refractivity contribution is 0.308. The van der Waals surface area contributed by atoms with E-state index in [4.69, 9.17) is 12.2 Å². The summed E-state index contributed by atoms with van der Waals surface area (Å²) < 4.78 is 2.14. The van der Waals surface area contributed by atoms with Crippen LogP contribution in [0.2, 0.25) is 0 Å². The third-order valence-electron chi connectivity index (χ3n) is 4.64. The van der Waals surface area contributed by atoms with E-state index < -0.39 is 0 Å². The maximum absolute atomic E-state index is 5.66. The van der Waals surface area contributed by atoms with Crippen molar-refractivity contribution in [2.24, 2.45) is 0 Å².